The maximum Gasteiger partial charge on any atom is 0.0757 e. The Bertz CT molecular complexity index is 278. The summed E-state index contributed by atoms with van der Waals surface area (Å²) in [6.07, 6.45) is 2.55. The number of rotatable bonds is 2. The zero-order chi connectivity index (χ0) is 9.14. The molecule has 1 aromatic rings. The van der Waals surface area contributed by atoms with E-state index in [1.807, 2.05) is 6.92 Å². The minimum atomic E-state index is -0.0643. The van der Waals surface area contributed by atoms with Gasteiger partial charge < -0.3 is 5.73 Å². The standard InChI is InChI=1S/C8H10BrClN2/c1-2-7(11)8-6(10)3-5(9)4-12-8/h3-4,7H,2,11H2,1H3/t7-/m0/s1. The summed E-state index contributed by atoms with van der Waals surface area (Å²) in [5.41, 5.74) is 6.55. The highest BCUT2D eigenvalue weighted by atomic mass is 79.9. The van der Waals surface area contributed by atoms with Crippen LogP contribution in [0, 0.1) is 0 Å². The lowest BCUT2D eigenvalue weighted by Gasteiger charge is -2.09. The van der Waals surface area contributed by atoms with Crippen LogP contribution in [-0.2, 0) is 0 Å². The SMILES string of the molecule is CC[C@H](N)c1ncc(Br)cc1Cl. The molecule has 0 fully saturated rings. The second kappa shape index (κ2) is 4.21. The topological polar surface area (TPSA) is 38.9 Å². The summed E-state index contributed by atoms with van der Waals surface area (Å²) in [7, 11) is 0. The number of nitrogens with two attached hydrogens (primary N) is 1. The maximum absolute atomic E-state index is 5.93. The normalized spacial score (nSPS) is 13.0. The molecule has 66 valence electrons. The smallest absolute Gasteiger partial charge is 0.0757 e. The molecule has 1 atom stereocenters. The van der Waals surface area contributed by atoms with Crippen LogP contribution in [-0.4, -0.2) is 4.98 Å². The molecule has 1 rings (SSSR count). The Hall–Kier alpha value is -0.120. The summed E-state index contributed by atoms with van der Waals surface area (Å²) in [4.78, 5) is 4.14. The van der Waals surface area contributed by atoms with Crippen molar-refractivity contribution in [2.24, 2.45) is 5.73 Å². The third kappa shape index (κ3) is 2.19. The van der Waals surface area contributed by atoms with Crippen LogP contribution in [0.2, 0.25) is 5.02 Å². The summed E-state index contributed by atoms with van der Waals surface area (Å²) in [6.45, 7) is 2.00. The minimum Gasteiger partial charge on any atom is -0.323 e. The lowest BCUT2D eigenvalue weighted by molar-refractivity contribution is 0.675. The van der Waals surface area contributed by atoms with Crippen LogP contribution < -0.4 is 5.73 Å². The van der Waals surface area contributed by atoms with Crippen LogP contribution in [0.1, 0.15) is 25.1 Å². The highest BCUT2D eigenvalue weighted by molar-refractivity contribution is 9.10. The third-order valence-corrected chi connectivity index (χ3v) is 2.36. The summed E-state index contributed by atoms with van der Waals surface area (Å²) in [6, 6.07) is 1.74. The predicted molar refractivity (Wildman–Crippen MR) is 54.2 cm³/mol. The van der Waals surface area contributed by atoms with Crippen molar-refractivity contribution in [3.63, 3.8) is 0 Å². The van der Waals surface area contributed by atoms with Crippen molar-refractivity contribution in [3.05, 3.63) is 27.5 Å². The van der Waals surface area contributed by atoms with Gasteiger partial charge in [-0.3, -0.25) is 4.98 Å². The molecule has 12 heavy (non-hydrogen) atoms. The lowest BCUT2D eigenvalue weighted by atomic mass is 10.1. The van der Waals surface area contributed by atoms with E-state index in [-0.39, 0.29) is 6.04 Å². The van der Waals surface area contributed by atoms with E-state index in [9.17, 15) is 0 Å². The molecule has 1 aromatic heterocycles. The minimum absolute atomic E-state index is 0.0643. The van der Waals surface area contributed by atoms with Crippen molar-refractivity contribution in [2.45, 2.75) is 19.4 Å². The van der Waals surface area contributed by atoms with E-state index >= 15 is 0 Å². The Balaban J connectivity index is 3.01. The number of hydrogen-bond donors (Lipinski definition) is 1. The Morgan fingerprint density at radius 3 is 2.92 bits per heavy atom. The van der Waals surface area contributed by atoms with Crippen LogP contribution in [0.5, 0.6) is 0 Å². The van der Waals surface area contributed by atoms with Gasteiger partial charge in [-0.05, 0) is 28.4 Å². The van der Waals surface area contributed by atoms with Gasteiger partial charge in [0, 0.05) is 16.7 Å². The second-order valence-electron chi connectivity index (χ2n) is 2.54. The zero-order valence-electron chi connectivity index (χ0n) is 6.72. The van der Waals surface area contributed by atoms with E-state index in [0.717, 1.165) is 16.6 Å². The molecule has 4 heteroatoms. The van der Waals surface area contributed by atoms with Gasteiger partial charge in [0.15, 0.2) is 0 Å². The number of halogens is 2. The fourth-order valence-electron chi connectivity index (χ4n) is 0.891. The van der Waals surface area contributed by atoms with Gasteiger partial charge >= 0.3 is 0 Å². The fourth-order valence-corrected chi connectivity index (χ4v) is 1.66. The quantitative estimate of drug-likeness (QED) is 0.875. The number of pyridine rings is 1. The van der Waals surface area contributed by atoms with Crippen molar-refractivity contribution in [3.8, 4) is 0 Å². The monoisotopic (exact) mass is 248 g/mol. The van der Waals surface area contributed by atoms with Crippen molar-refractivity contribution in [1.29, 1.82) is 0 Å². The lowest BCUT2D eigenvalue weighted by Crippen LogP contribution is -2.11. The number of nitrogens with zero attached hydrogens (tertiary/aromatic N) is 1. The predicted octanol–water partition coefficient (Wildman–Crippen LogP) is 2.91. The molecule has 0 unspecified atom stereocenters. The van der Waals surface area contributed by atoms with Crippen LogP contribution >= 0.6 is 27.5 Å². The summed E-state index contributed by atoms with van der Waals surface area (Å²) < 4.78 is 0.875. The van der Waals surface area contributed by atoms with Crippen LogP contribution in [0.25, 0.3) is 0 Å². The van der Waals surface area contributed by atoms with E-state index in [4.69, 9.17) is 17.3 Å². The van der Waals surface area contributed by atoms with Crippen molar-refractivity contribution in [1.82, 2.24) is 4.98 Å². The van der Waals surface area contributed by atoms with E-state index in [0.29, 0.717) is 5.02 Å². The maximum atomic E-state index is 5.93. The highest BCUT2D eigenvalue weighted by Crippen LogP contribution is 2.23. The van der Waals surface area contributed by atoms with Gasteiger partial charge in [0.05, 0.1) is 10.7 Å². The molecule has 0 amide bonds. The molecule has 1 heterocycles. The molecule has 0 aliphatic carbocycles. The van der Waals surface area contributed by atoms with E-state index in [1.165, 1.54) is 0 Å². The first-order valence-electron chi connectivity index (χ1n) is 3.71. The molecular formula is C8H10BrClN2. The van der Waals surface area contributed by atoms with Gasteiger partial charge in [0.25, 0.3) is 0 Å². The Morgan fingerprint density at radius 1 is 1.75 bits per heavy atom. The third-order valence-electron chi connectivity index (χ3n) is 1.63. The van der Waals surface area contributed by atoms with Crippen LogP contribution in [0.15, 0.2) is 16.7 Å². The highest BCUT2D eigenvalue weighted by Gasteiger charge is 2.09. The van der Waals surface area contributed by atoms with Gasteiger partial charge in [0.1, 0.15) is 0 Å². The van der Waals surface area contributed by atoms with Crippen molar-refractivity contribution >= 4 is 27.5 Å². The zero-order valence-corrected chi connectivity index (χ0v) is 9.06. The molecule has 0 saturated carbocycles. The van der Waals surface area contributed by atoms with Gasteiger partial charge in [-0.2, -0.15) is 0 Å². The molecule has 0 saturated heterocycles. The molecule has 0 aromatic carbocycles. The first kappa shape index (κ1) is 9.96. The molecule has 0 aliphatic heterocycles. The van der Waals surface area contributed by atoms with Gasteiger partial charge in [0.2, 0.25) is 0 Å². The molecule has 0 aliphatic rings. The Kier molecular flexibility index (Phi) is 3.50. The van der Waals surface area contributed by atoms with Gasteiger partial charge in [-0.1, -0.05) is 18.5 Å². The molecule has 0 radical (unpaired) electrons. The van der Waals surface area contributed by atoms with Crippen molar-refractivity contribution < 1.29 is 0 Å². The number of aromatic nitrogens is 1. The largest absolute Gasteiger partial charge is 0.323 e. The summed E-state index contributed by atoms with van der Waals surface area (Å²) >= 11 is 9.21. The molecule has 2 nitrogen and oxygen atoms in total. The van der Waals surface area contributed by atoms with E-state index in [1.54, 1.807) is 12.3 Å². The van der Waals surface area contributed by atoms with Crippen molar-refractivity contribution in [2.75, 3.05) is 0 Å². The molecule has 0 spiro atoms. The molecule has 0 bridgehead atoms. The average molecular weight is 250 g/mol. The summed E-state index contributed by atoms with van der Waals surface area (Å²) in [5.74, 6) is 0. The first-order valence-corrected chi connectivity index (χ1v) is 4.88. The molecule has 2 N–H and O–H groups in total. The van der Waals surface area contributed by atoms with Crippen LogP contribution in [0.3, 0.4) is 0 Å². The summed E-state index contributed by atoms with van der Waals surface area (Å²) in [5, 5.41) is 0.624. The van der Waals surface area contributed by atoms with E-state index in [2.05, 4.69) is 20.9 Å². The fraction of sp³-hybridized carbons (Fsp3) is 0.375. The molecular weight excluding hydrogens is 239 g/mol. The van der Waals surface area contributed by atoms with Gasteiger partial charge in [-0.25, -0.2) is 0 Å². The first-order chi connectivity index (χ1) is 5.65. The Labute approximate surface area is 85.3 Å². The van der Waals surface area contributed by atoms with Crippen LogP contribution in [0.4, 0.5) is 0 Å². The van der Waals surface area contributed by atoms with E-state index < -0.39 is 0 Å². The average Bonchev–Trinajstić information content (AvgIpc) is 2.03. The van der Waals surface area contributed by atoms with Gasteiger partial charge in [-0.15, -0.1) is 0 Å². The second-order valence-corrected chi connectivity index (χ2v) is 3.86. The number of hydrogen-bond acceptors (Lipinski definition) is 2. The Morgan fingerprint density at radius 2 is 2.42 bits per heavy atom.